The van der Waals surface area contributed by atoms with Gasteiger partial charge in [0.15, 0.2) is 0 Å². The molecule has 0 aliphatic heterocycles. The van der Waals surface area contributed by atoms with E-state index in [4.69, 9.17) is 0 Å². The Labute approximate surface area is 121 Å². The average molecular weight is 278 g/mol. The number of aromatic nitrogens is 1. The second-order valence-electron chi connectivity index (χ2n) is 4.99. The smallest absolute Gasteiger partial charge is 0.251 e. The van der Waals surface area contributed by atoms with Gasteiger partial charge in [0.2, 0.25) is 0 Å². The van der Waals surface area contributed by atoms with Gasteiger partial charge in [0.1, 0.15) is 5.82 Å². The Morgan fingerprint density at radius 2 is 2.00 bits per heavy atom. The topological polar surface area (TPSA) is 57.3 Å². The molecule has 1 aromatic rings. The van der Waals surface area contributed by atoms with Gasteiger partial charge >= 0.3 is 0 Å². The highest BCUT2D eigenvalue weighted by Crippen LogP contribution is 2.09. The summed E-state index contributed by atoms with van der Waals surface area (Å²) in [5, 5.41) is 6.01. The largest absolute Gasteiger partial charge is 0.373 e. The van der Waals surface area contributed by atoms with E-state index in [0.717, 1.165) is 25.3 Å². The number of anilines is 1. The van der Waals surface area contributed by atoms with Crippen molar-refractivity contribution in [2.24, 2.45) is 0 Å². The Hall–Kier alpha value is -1.62. The summed E-state index contributed by atoms with van der Waals surface area (Å²) in [6, 6.07) is 3.70. The molecular formula is C15H26N4O. The van der Waals surface area contributed by atoms with Crippen LogP contribution < -0.4 is 10.6 Å². The average Bonchev–Trinajstić information content (AvgIpc) is 2.43. The number of likely N-dealkylation sites (N-methyl/N-ethyl adjacent to an activating group) is 1. The molecule has 1 heterocycles. The second kappa shape index (κ2) is 7.85. The van der Waals surface area contributed by atoms with E-state index in [2.05, 4.69) is 34.4 Å². The summed E-state index contributed by atoms with van der Waals surface area (Å²) in [5.41, 5.74) is 1.48. The van der Waals surface area contributed by atoms with Gasteiger partial charge < -0.3 is 15.5 Å². The lowest BCUT2D eigenvalue weighted by atomic mass is 10.2. The second-order valence-corrected chi connectivity index (χ2v) is 4.99. The third-order valence-electron chi connectivity index (χ3n) is 3.28. The number of hydrogen-bond donors (Lipinski definition) is 2. The van der Waals surface area contributed by atoms with Gasteiger partial charge in [-0.1, -0.05) is 13.8 Å². The fourth-order valence-corrected chi connectivity index (χ4v) is 2.15. The summed E-state index contributed by atoms with van der Waals surface area (Å²) in [5.74, 6) is 0.665. The lowest BCUT2D eigenvalue weighted by Gasteiger charge is -2.23. The monoisotopic (exact) mass is 278 g/mol. The molecule has 1 atom stereocenters. The molecule has 1 unspecified atom stereocenters. The number of amides is 1. The number of aryl methyl sites for hydroxylation is 1. The van der Waals surface area contributed by atoms with Crippen molar-refractivity contribution in [2.75, 3.05) is 32.0 Å². The van der Waals surface area contributed by atoms with Crippen molar-refractivity contribution in [1.29, 1.82) is 0 Å². The van der Waals surface area contributed by atoms with E-state index in [-0.39, 0.29) is 11.9 Å². The van der Waals surface area contributed by atoms with E-state index < -0.39 is 0 Å². The first-order valence-corrected chi connectivity index (χ1v) is 7.19. The molecule has 0 aromatic carbocycles. The van der Waals surface area contributed by atoms with Crippen LogP contribution in [-0.2, 0) is 0 Å². The molecule has 0 fully saturated rings. The number of rotatable bonds is 7. The Bertz CT molecular complexity index is 443. The van der Waals surface area contributed by atoms with Crippen molar-refractivity contribution in [3.8, 4) is 0 Å². The minimum Gasteiger partial charge on any atom is -0.373 e. The third-order valence-corrected chi connectivity index (χ3v) is 3.28. The molecule has 0 saturated carbocycles. The minimum absolute atomic E-state index is 0.0494. The Morgan fingerprint density at radius 1 is 1.35 bits per heavy atom. The van der Waals surface area contributed by atoms with Gasteiger partial charge in [-0.3, -0.25) is 4.79 Å². The van der Waals surface area contributed by atoms with E-state index in [1.807, 2.05) is 13.8 Å². The van der Waals surface area contributed by atoms with Crippen LogP contribution in [0.15, 0.2) is 12.1 Å². The van der Waals surface area contributed by atoms with Crippen molar-refractivity contribution in [2.45, 2.75) is 33.7 Å². The van der Waals surface area contributed by atoms with E-state index in [1.54, 1.807) is 19.2 Å². The highest BCUT2D eigenvalue weighted by molar-refractivity contribution is 5.95. The number of nitrogens with zero attached hydrogens (tertiary/aromatic N) is 2. The van der Waals surface area contributed by atoms with Crippen molar-refractivity contribution in [3.63, 3.8) is 0 Å². The van der Waals surface area contributed by atoms with Gasteiger partial charge in [-0.05, 0) is 39.1 Å². The first-order chi connectivity index (χ1) is 9.49. The number of carbonyl (C=O) groups is 1. The molecule has 0 aliphatic carbocycles. The molecule has 1 aromatic heterocycles. The first-order valence-electron chi connectivity index (χ1n) is 7.19. The molecular weight excluding hydrogens is 252 g/mol. The maximum Gasteiger partial charge on any atom is 0.251 e. The maximum atomic E-state index is 12.2. The van der Waals surface area contributed by atoms with Gasteiger partial charge in [0, 0.05) is 30.9 Å². The van der Waals surface area contributed by atoms with Crippen molar-refractivity contribution in [3.05, 3.63) is 23.4 Å². The molecule has 5 heteroatoms. The lowest BCUT2D eigenvalue weighted by Crippen LogP contribution is -2.42. The normalized spacial score (nSPS) is 12.3. The minimum atomic E-state index is -0.0494. The molecule has 0 bridgehead atoms. The summed E-state index contributed by atoms with van der Waals surface area (Å²) in [7, 11) is 1.80. The Balaban J connectivity index is 2.68. The van der Waals surface area contributed by atoms with Crippen LogP contribution in [0, 0.1) is 6.92 Å². The first kappa shape index (κ1) is 16.4. The van der Waals surface area contributed by atoms with Crippen LogP contribution >= 0.6 is 0 Å². The molecule has 5 nitrogen and oxygen atoms in total. The zero-order chi connectivity index (χ0) is 15.1. The molecule has 0 saturated heterocycles. The summed E-state index contributed by atoms with van der Waals surface area (Å²) in [6.45, 7) is 11.0. The van der Waals surface area contributed by atoms with Crippen LogP contribution in [0.2, 0.25) is 0 Å². The van der Waals surface area contributed by atoms with Crippen LogP contribution in [0.5, 0.6) is 0 Å². The zero-order valence-corrected chi connectivity index (χ0v) is 13.2. The van der Waals surface area contributed by atoms with E-state index >= 15 is 0 Å². The van der Waals surface area contributed by atoms with Crippen molar-refractivity contribution >= 4 is 11.7 Å². The molecule has 112 valence electrons. The molecule has 1 amide bonds. The molecule has 0 radical (unpaired) electrons. The highest BCUT2D eigenvalue weighted by Gasteiger charge is 2.13. The van der Waals surface area contributed by atoms with Gasteiger partial charge in [-0.2, -0.15) is 0 Å². The quantitative estimate of drug-likeness (QED) is 0.800. The highest BCUT2D eigenvalue weighted by atomic mass is 16.1. The predicted octanol–water partition coefficient (Wildman–Crippen LogP) is 1.89. The molecule has 20 heavy (non-hydrogen) atoms. The van der Waals surface area contributed by atoms with E-state index in [1.165, 1.54) is 0 Å². The zero-order valence-electron chi connectivity index (χ0n) is 13.2. The van der Waals surface area contributed by atoms with E-state index in [9.17, 15) is 4.79 Å². The molecule has 1 rings (SSSR count). The molecule has 0 aliphatic rings. The van der Waals surface area contributed by atoms with Gasteiger partial charge in [-0.15, -0.1) is 0 Å². The number of hydrogen-bond acceptors (Lipinski definition) is 4. The summed E-state index contributed by atoms with van der Waals surface area (Å²) < 4.78 is 0. The van der Waals surface area contributed by atoms with Crippen molar-refractivity contribution in [1.82, 2.24) is 15.2 Å². The number of carbonyl (C=O) groups excluding carboxylic acids is 1. The Kier molecular flexibility index (Phi) is 6.45. The summed E-state index contributed by atoms with van der Waals surface area (Å²) in [6.07, 6.45) is 0. The standard InChI is InChI=1S/C15H26N4O/c1-6-19(7-2)10-12(4)18-15(20)13-8-11(3)17-14(9-13)16-5/h8-9,12H,6-7,10H2,1-5H3,(H,16,17)(H,18,20). The third kappa shape index (κ3) is 4.81. The fraction of sp³-hybridized carbons (Fsp3) is 0.600. The van der Waals surface area contributed by atoms with Crippen LogP contribution in [0.3, 0.4) is 0 Å². The van der Waals surface area contributed by atoms with Gasteiger partial charge in [-0.25, -0.2) is 4.98 Å². The van der Waals surface area contributed by atoms with Crippen molar-refractivity contribution < 1.29 is 4.79 Å². The van der Waals surface area contributed by atoms with Gasteiger partial charge in [0.05, 0.1) is 0 Å². The number of pyridine rings is 1. The molecule has 0 spiro atoms. The predicted molar refractivity (Wildman–Crippen MR) is 83.2 cm³/mol. The fourth-order valence-electron chi connectivity index (χ4n) is 2.15. The SMILES string of the molecule is CCN(CC)CC(C)NC(=O)c1cc(C)nc(NC)c1. The van der Waals surface area contributed by atoms with Crippen LogP contribution in [0.25, 0.3) is 0 Å². The lowest BCUT2D eigenvalue weighted by molar-refractivity contribution is 0.0930. The molecule has 2 N–H and O–H groups in total. The summed E-state index contributed by atoms with van der Waals surface area (Å²) >= 11 is 0. The Morgan fingerprint density at radius 3 is 2.55 bits per heavy atom. The summed E-state index contributed by atoms with van der Waals surface area (Å²) in [4.78, 5) is 18.8. The van der Waals surface area contributed by atoms with Crippen LogP contribution in [0.4, 0.5) is 5.82 Å². The van der Waals surface area contributed by atoms with Crippen LogP contribution in [-0.4, -0.2) is 48.5 Å². The van der Waals surface area contributed by atoms with Gasteiger partial charge in [0.25, 0.3) is 5.91 Å². The van der Waals surface area contributed by atoms with E-state index in [0.29, 0.717) is 11.4 Å². The number of nitrogens with one attached hydrogen (secondary N) is 2. The maximum absolute atomic E-state index is 12.2. The van der Waals surface area contributed by atoms with Crippen LogP contribution in [0.1, 0.15) is 36.8 Å².